The molecule has 0 radical (unpaired) electrons. The maximum absolute atomic E-state index is 12.1. The number of benzene rings is 1. The Hall–Kier alpha value is -2.24. The van der Waals surface area contributed by atoms with Crippen LogP contribution in [-0.2, 0) is 9.53 Å². The number of amides is 1. The van der Waals surface area contributed by atoms with Crippen LogP contribution in [0.1, 0.15) is 24.2 Å². The van der Waals surface area contributed by atoms with Crippen LogP contribution < -0.4 is 0 Å². The smallest absolute Gasteiger partial charge is 0.325 e. The molecule has 1 aromatic rings. The number of hydrogen-bond acceptors (Lipinski definition) is 5. The number of esters is 1. The average molecular weight is 267 g/mol. The maximum atomic E-state index is 12.1. The highest BCUT2D eigenvalue weighted by molar-refractivity contribution is 5.98. The highest BCUT2D eigenvalue weighted by Crippen LogP contribution is 2.23. The van der Waals surface area contributed by atoms with Crippen molar-refractivity contribution in [1.29, 1.82) is 0 Å². The van der Waals surface area contributed by atoms with Crippen molar-refractivity contribution in [2.45, 2.75) is 13.8 Å². The second-order valence-corrected chi connectivity index (χ2v) is 3.83. The zero-order valence-electron chi connectivity index (χ0n) is 10.9. The van der Waals surface area contributed by atoms with Gasteiger partial charge >= 0.3 is 5.97 Å². The molecule has 0 bridgehead atoms. The van der Waals surface area contributed by atoms with E-state index in [1.54, 1.807) is 13.8 Å². The van der Waals surface area contributed by atoms with Gasteiger partial charge in [-0.15, -0.1) is 0 Å². The third-order valence-corrected chi connectivity index (χ3v) is 2.50. The van der Waals surface area contributed by atoms with Crippen molar-refractivity contribution in [2.24, 2.45) is 0 Å². The third-order valence-electron chi connectivity index (χ3n) is 2.50. The number of likely N-dealkylation sites (N-methyl/N-ethyl adjacent to an activating group) is 1. The lowest BCUT2D eigenvalue weighted by Gasteiger charge is -2.20. The number of aromatic hydroxyl groups is 2. The summed E-state index contributed by atoms with van der Waals surface area (Å²) < 4.78 is 4.77. The monoisotopic (exact) mass is 267 g/mol. The van der Waals surface area contributed by atoms with E-state index in [1.807, 2.05) is 0 Å². The molecule has 0 unspecified atom stereocenters. The van der Waals surface area contributed by atoms with Crippen molar-refractivity contribution in [3.63, 3.8) is 0 Å². The van der Waals surface area contributed by atoms with Crippen LogP contribution in [0.4, 0.5) is 0 Å². The number of phenols is 2. The highest BCUT2D eigenvalue weighted by atomic mass is 16.5. The number of phenolic OH excluding ortho intramolecular Hbond substituents is 2. The van der Waals surface area contributed by atoms with E-state index in [4.69, 9.17) is 4.74 Å². The van der Waals surface area contributed by atoms with Crippen molar-refractivity contribution in [3.05, 3.63) is 23.8 Å². The molecule has 0 atom stereocenters. The van der Waals surface area contributed by atoms with E-state index in [0.717, 1.165) is 6.07 Å². The van der Waals surface area contributed by atoms with Gasteiger partial charge in [0.25, 0.3) is 5.91 Å². The molecule has 0 saturated heterocycles. The summed E-state index contributed by atoms with van der Waals surface area (Å²) in [5, 5.41) is 18.9. The maximum Gasteiger partial charge on any atom is 0.325 e. The first-order valence-corrected chi connectivity index (χ1v) is 5.96. The van der Waals surface area contributed by atoms with Gasteiger partial charge in [-0.3, -0.25) is 9.59 Å². The van der Waals surface area contributed by atoms with E-state index in [1.165, 1.54) is 17.0 Å². The molecular weight excluding hydrogens is 250 g/mol. The molecule has 1 rings (SSSR count). The Labute approximate surface area is 111 Å². The topological polar surface area (TPSA) is 87.1 Å². The summed E-state index contributed by atoms with van der Waals surface area (Å²) in [6, 6.07) is 3.65. The second-order valence-electron chi connectivity index (χ2n) is 3.83. The Morgan fingerprint density at radius 1 is 1.26 bits per heavy atom. The first kappa shape index (κ1) is 14.8. The lowest BCUT2D eigenvalue weighted by atomic mass is 10.1. The largest absolute Gasteiger partial charge is 0.508 e. The van der Waals surface area contributed by atoms with E-state index in [-0.39, 0.29) is 36.8 Å². The summed E-state index contributed by atoms with van der Waals surface area (Å²) in [4.78, 5) is 24.7. The molecule has 1 amide bonds. The van der Waals surface area contributed by atoms with Crippen LogP contribution in [0, 0.1) is 0 Å². The minimum Gasteiger partial charge on any atom is -0.508 e. The summed E-state index contributed by atoms with van der Waals surface area (Å²) in [6.07, 6.45) is 0. The van der Waals surface area contributed by atoms with Crippen molar-refractivity contribution in [1.82, 2.24) is 4.90 Å². The van der Waals surface area contributed by atoms with Crippen LogP contribution in [-0.4, -0.2) is 46.7 Å². The Bertz CT molecular complexity index is 472. The zero-order chi connectivity index (χ0) is 14.4. The van der Waals surface area contributed by atoms with Crippen LogP contribution in [0.2, 0.25) is 0 Å². The second kappa shape index (κ2) is 6.63. The van der Waals surface area contributed by atoms with Crippen LogP contribution in [0.15, 0.2) is 18.2 Å². The van der Waals surface area contributed by atoms with E-state index in [0.29, 0.717) is 0 Å². The first-order valence-electron chi connectivity index (χ1n) is 5.96. The average Bonchev–Trinajstić information content (AvgIpc) is 2.38. The van der Waals surface area contributed by atoms with Gasteiger partial charge in [0.2, 0.25) is 0 Å². The van der Waals surface area contributed by atoms with E-state index in [9.17, 15) is 19.8 Å². The van der Waals surface area contributed by atoms with Gasteiger partial charge in [-0.05, 0) is 32.0 Å². The fraction of sp³-hybridized carbons (Fsp3) is 0.385. The molecule has 1 aromatic carbocycles. The fourth-order valence-electron chi connectivity index (χ4n) is 1.56. The number of hydrogen-bond donors (Lipinski definition) is 2. The van der Waals surface area contributed by atoms with Crippen LogP contribution >= 0.6 is 0 Å². The number of rotatable bonds is 5. The summed E-state index contributed by atoms with van der Waals surface area (Å²) in [7, 11) is 0. The zero-order valence-corrected chi connectivity index (χ0v) is 10.9. The van der Waals surface area contributed by atoms with Gasteiger partial charge in [0, 0.05) is 6.54 Å². The van der Waals surface area contributed by atoms with Gasteiger partial charge in [0.05, 0.1) is 12.2 Å². The lowest BCUT2D eigenvalue weighted by Crippen LogP contribution is -2.36. The Balaban J connectivity index is 2.89. The molecule has 0 aliphatic carbocycles. The summed E-state index contributed by atoms with van der Waals surface area (Å²) in [5.41, 5.74) is -0.0499. The number of carbonyl (C=O) groups excluding carboxylic acids is 2. The molecule has 6 heteroatoms. The number of ether oxygens (including phenoxy) is 1. The quantitative estimate of drug-likeness (QED) is 0.616. The van der Waals surface area contributed by atoms with Crippen molar-refractivity contribution in [3.8, 4) is 11.5 Å². The molecule has 19 heavy (non-hydrogen) atoms. The minimum atomic E-state index is -0.538. The molecule has 2 N–H and O–H groups in total. The van der Waals surface area contributed by atoms with Gasteiger partial charge in [-0.1, -0.05) is 0 Å². The van der Waals surface area contributed by atoms with Crippen molar-refractivity contribution >= 4 is 11.9 Å². The van der Waals surface area contributed by atoms with Crippen molar-refractivity contribution < 1.29 is 24.5 Å². The normalized spacial score (nSPS) is 10.0. The molecule has 0 fully saturated rings. The Morgan fingerprint density at radius 3 is 2.53 bits per heavy atom. The van der Waals surface area contributed by atoms with Gasteiger partial charge in [-0.2, -0.15) is 0 Å². The Morgan fingerprint density at radius 2 is 1.95 bits per heavy atom. The number of nitrogens with zero attached hydrogens (tertiary/aromatic N) is 1. The standard InChI is InChI=1S/C13H17NO5/c1-3-14(8-12(17)19-4-2)13(18)10-7-9(15)5-6-11(10)16/h5-7,15-16H,3-4,8H2,1-2H3. The van der Waals surface area contributed by atoms with Crippen molar-refractivity contribution in [2.75, 3.05) is 19.7 Å². The molecule has 6 nitrogen and oxygen atoms in total. The Kier molecular flexibility index (Phi) is 5.17. The molecule has 0 aliphatic rings. The van der Waals surface area contributed by atoms with Gasteiger partial charge in [0.1, 0.15) is 18.0 Å². The van der Waals surface area contributed by atoms with Crippen LogP contribution in [0.5, 0.6) is 11.5 Å². The first-order chi connectivity index (χ1) is 8.99. The predicted molar refractivity (Wildman–Crippen MR) is 68.0 cm³/mol. The minimum absolute atomic E-state index is 0.0499. The molecule has 0 spiro atoms. The van der Waals surface area contributed by atoms with E-state index >= 15 is 0 Å². The SMILES string of the molecule is CCOC(=O)CN(CC)C(=O)c1cc(O)ccc1O. The van der Waals surface area contributed by atoms with E-state index in [2.05, 4.69) is 0 Å². The molecule has 104 valence electrons. The van der Waals surface area contributed by atoms with Gasteiger partial charge in [-0.25, -0.2) is 0 Å². The van der Waals surface area contributed by atoms with E-state index < -0.39 is 11.9 Å². The molecule has 0 saturated carbocycles. The van der Waals surface area contributed by atoms with Crippen LogP contribution in [0.25, 0.3) is 0 Å². The summed E-state index contributed by atoms with van der Waals surface area (Å²) in [5.74, 6) is -1.43. The molecule has 0 heterocycles. The molecule has 0 aromatic heterocycles. The van der Waals surface area contributed by atoms with Gasteiger partial charge < -0.3 is 19.8 Å². The predicted octanol–water partition coefficient (Wildman–Crippen LogP) is 1.12. The fourth-order valence-corrected chi connectivity index (χ4v) is 1.56. The molecule has 0 aliphatic heterocycles. The van der Waals surface area contributed by atoms with Crippen LogP contribution in [0.3, 0.4) is 0 Å². The number of carbonyl (C=O) groups is 2. The summed E-state index contributed by atoms with van der Waals surface area (Å²) in [6.45, 7) is 3.71. The van der Waals surface area contributed by atoms with Gasteiger partial charge in [0.15, 0.2) is 0 Å². The third kappa shape index (κ3) is 3.87. The molecular formula is C13H17NO5. The highest BCUT2D eigenvalue weighted by Gasteiger charge is 2.21. The lowest BCUT2D eigenvalue weighted by molar-refractivity contribution is -0.143. The summed E-state index contributed by atoms with van der Waals surface area (Å²) >= 11 is 0.